The number of pyridine rings is 1. The van der Waals surface area contributed by atoms with Crippen molar-refractivity contribution in [2.24, 2.45) is 5.73 Å². The molecular weight excluding hydrogens is 242 g/mol. The van der Waals surface area contributed by atoms with Crippen molar-refractivity contribution in [3.05, 3.63) is 53.2 Å². The van der Waals surface area contributed by atoms with E-state index in [2.05, 4.69) is 10.3 Å². The molecule has 1 aromatic heterocycles. The minimum atomic E-state index is 0.360. The molecule has 0 bridgehead atoms. The molecule has 0 amide bonds. The number of thiocarbonyl (C=S) groups is 1. The van der Waals surface area contributed by atoms with Gasteiger partial charge in [0.15, 0.2) is 0 Å². The maximum Gasteiger partial charge on any atom is 0.141 e. The Morgan fingerprint density at radius 3 is 2.50 bits per heavy atom. The van der Waals surface area contributed by atoms with Crippen LogP contribution in [0.1, 0.15) is 16.8 Å². The van der Waals surface area contributed by atoms with E-state index in [1.165, 1.54) is 0 Å². The fraction of sp³-hybridized carbons (Fsp3) is 0.143. The molecule has 0 saturated carbocycles. The van der Waals surface area contributed by atoms with Crippen LogP contribution in [0, 0.1) is 13.8 Å². The summed E-state index contributed by atoms with van der Waals surface area (Å²) in [6, 6.07) is 11.8. The van der Waals surface area contributed by atoms with E-state index >= 15 is 0 Å². The van der Waals surface area contributed by atoms with Crippen LogP contribution in [0.5, 0.6) is 0 Å². The maximum atomic E-state index is 5.77. The van der Waals surface area contributed by atoms with Gasteiger partial charge in [-0.3, -0.25) is 0 Å². The maximum absolute atomic E-state index is 5.77. The zero-order chi connectivity index (χ0) is 13.1. The molecule has 2 rings (SSSR count). The fourth-order valence-corrected chi connectivity index (χ4v) is 2.15. The van der Waals surface area contributed by atoms with Gasteiger partial charge in [0.2, 0.25) is 0 Å². The number of para-hydroxylation sites is 1. The second-order valence-corrected chi connectivity index (χ2v) is 4.60. The minimum Gasteiger partial charge on any atom is -0.389 e. The molecule has 2 aromatic rings. The minimum absolute atomic E-state index is 0.360. The summed E-state index contributed by atoms with van der Waals surface area (Å²) in [6.45, 7) is 3.94. The van der Waals surface area contributed by atoms with E-state index in [9.17, 15) is 0 Å². The molecule has 0 aliphatic heterocycles. The van der Waals surface area contributed by atoms with Gasteiger partial charge in [0, 0.05) is 11.4 Å². The second-order valence-electron chi connectivity index (χ2n) is 4.16. The predicted molar refractivity (Wildman–Crippen MR) is 79.3 cm³/mol. The van der Waals surface area contributed by atoms with Gasteiger partial charge >= 0.3 is 0 Å². The molecule has 0 saturated heterocycles. The van der Waals surface area contributed by atoms with E-state index in [0.29, 0.717) is 10.8 Å². The van der Waals surface area contributed by atoms with E-state index in [-0.39, 0.29) is 0 Å². The number of anilines is 2. The first-order chi connectivity index (χ1) is 8.58. The van der Waals surface area contributed by atoms with Crippen molar-refractivity contribution in [3.63, 3.8) is 0 Å². The monoisotopic (exact) mass is 257 g/mol. The van der Waals surface area contributed by atoms with Crippen molar-refractivity contribution in [3.8, 4) is 0 Å². The number of nitrogens with two attached hydrogens (primary N) is 1. The third kappa shape index (κ3) is 2.65. The Morgan fingerprint density at radius 2 is 1.89 bits per heavy atom. The van der Waals surface area contributed by atoms with Crippen LogP contribution in [0.3, 0.4) is 0 Å². The average molecular weight is 257 g/mol. The Kier molecular flexibility index (Phi) is 3.58. The van der Waals surface area contributed by atoms with E-state index in [1.807, 2.05) is 50.2 Å². The number of aromatic nitrogens is 1. The number of nitrogens with one attached hydrogen (secondary N) is 1. The zero-order valence-electron chi connectivity index (χ0n) is 10.4. The van der Waals surface area contributed by atoms with Crippen LogP contribution in [-0.2, 0) is 0 Å². The molecule has 0 spiro atoms. The van der Waals surface area contributed by atoms with Gasteiger partial charge in [-0.25, -0.2) is 4.98 Å². The van der Waals surface area contributed by atoms with Crippen LogP contribution in [0.15, 0.2) is 36.4 Å². The SMILES string of the molecule is Cc1cc(C)c(C(N)=S)c(Nc2ccccc2)n1. The van der Waals surface area contributed by atoms with Crippen molar-refractivity contribution in [2.45, 2.75) is 13.8 Å². The third-order valence-electron chi connectivity index (χ3n) is 2.63. The normalized spacial score (nSPS) is 10.1. The molecule has 18 heavy (non-hydrogen) atoms. The van der Waals surface area contributed by atoms with Crippen molar-refractivity contribution >= 4 is 28.7 Å². The summed E-state index contributed by atoms with van der Waals surface area (Å²) >= 11 is 5.09. The van der Waals surface area contributed by atoms with Crippen molar-refractivity contribution in [1.29, 1.82) is 0 Å². The summed E-state index contributed by atoms with van der Waals surface area (Å²) in [7, 11) is 0. The number of aryl methyl sites for hydroxylation is 2. The molecule has 4 heteroatoms. The molecule has 1 heterocycles. The summed E-state index contributed by atoms with van der Waals surface area (Å²) in [4.78, 5) is 4.83. The topological polar surface area (TPSA) is 50.9 Å². The van der Waals surface area contributed by atoms with Gasteiger partial charge in [0.1, 0.15) is 10.8 Å². The van der Waals surface area contributed by atoms with Crippen molar-refractivity contribution in [1.82, 2.24) is 4.98 Å². The van der Waals surface area contributed by atoms with Gasteiger partial charge in [-0.05, 0) is 37.6 Å². The Hall–Kier alpha value is -1.94. The van der Waals surface area contributed by atoms with Crippen LogP contribution in [0.4, 0.5) is 11.5 Å². The van der Waals surface area contributed by atoms with Gasteiger partial charge in [-0.15, -0.1) is 0 Å². The van der Waals surface area contributed by atoms with Crippen LogP contribution in [0.25, 0.3) is 0 Å². The highest BCUT2D eigenvalue weighted by molar-refractivity contribution is 7.80. The Bertz CT molecular complexity index is 579. The van der Waals surface area contributed by atoms with E-state index < -0.39 is 0 Å². The smallest absolute Gasteiger partial charge is 0.141 e. The largest absolute Gasteiger partial charge is 0.389 e. The molecule has 92 valence electrons. The van der Waals surface area contributed by atoms with Crippen LogP contribution in [-0.4, -0.2) is 9.97 Å². The first kappa shape index (κ1) is 12.5. The summed E-state index contributed by atoms with van der Waals surface area (Å²) < 4.78 is 0. The van der Waals surface area contributed by atoms with Gasteiger partial charge in [-0.2, -0.15) is 0 Å². The van der Waals surface area contributed by atoms with Gasteiger partial charge in [-0.1, -0.05) is 30.4 Å². The van der Waals surface area contributed by atoms with Crippen LogP contribution < -0.4 is 11.1 Å². The Morgan fingerprint density at radius 1 is 1.22 bits per heavy atom. The Balaban J connectivity index is 2.46. The second kappa shape index (κ2) is 5.14. The molecule has 0 radical (unpaired) electrons. The number of rotatable bonds is 3. The highest BCUT2D eigenvalue weighted by Crippen LogP contribution is 2.22. The average Bonchev–Trinajstić information content (AvgIpc) is 2.28. The molecule has 0 aliphatic carbocycles. The molecule has 3 nitrogen and oxygen atoms in total. The van der Waals surface area contributed by atoms with Gasteiger partial charge in [0.05, 0.1) is 5.56 Å². The molecule has 0 aliphatic rings. The first-order valence-electron chi connectivity index (χ1n) is 5.68. The summed E-state index contributed by atoms with van der Waals surface area (Å²) in [5.74, 6) is 0.714. The van der Waals surface area contributed by atoms with Gasteiger partial charge < -0.3 is 11.1 Å². The molecule has 3 N–H and O–H groups in total. The first-order valence-corrected chi connectivity index (χ1v) is 6.09. The lowest BCUT2D eigenvalue weighted by Gasteiger charge is -2.13. The molecular formula is C14H15N3S. The van der Waals surface area contributed by atoms with E-state index in [0.717, 1.165) is 22.5 Å². The molecule has 0 atom stereocenters. The summed E-state index contributed by atoms with van der Waals surface area (Å²) in [5.41, 5.74) is 9.51. The predicted octanol–water partition coefficient (Wildman–Crippen LogP) is 3.08. The lowest BCUT2D eigenvalue weighted by molar-refractivity contribution is 1.17. The number of hydrogen-bond donors (Lipinski definition) is 2. The quantitative estimate of drug-likeness (QED) is 0.830. The summed E-state index contributed by atoms with van der Waals surface area (Å²) in [6.07, 6.45) is 0. The van der Waals surface area contributed by atoms with Crippen molar-refractivity contribution in [2.75, 3.05) is 5.32 Å². The molecule has 0 fully saturated rings. The fourth-order valence-electron chi connectivity index (χ4n) is 1.90. The van der Waals surface area contributed by atoms with Crippen molar-refractivity contribution < 1.29 is 0 Å². The standard InChI is InChI=1S/C14H15N3S/c1-9-8-10(2)16-14(12(9)13(15)18)17-11-6-4-3-5-7-11/h3-8H,1-2H3,(H2,15,18)(H,16,17). The van der Waals surface area contributed by atoms with Crippen LogP contribution in [0.2, 0.25) is 0 Å². The Labute approximate surface area is 112 Å². The van der Waals surface area contributed by atoms with Gasteiger partial charge in [0.25, 0.3) is 0 Å². The zero-order valence-corrected chi connectivity index (χ0v) is 11.2. The summed E-state index contributed by atoms with van der Waals surface area (Å²) in [5, 5.41) is 3.26. The highest BCUT2D eigenvalue weighted by Gasteiger charge is 2.11. The number of benzene rings is 1. The number of nitrogens with zero attached hydrogens (tertiary/aromatic N) is 1. The lowest BCUT2D eigenvalue weighted by atomic mass is 10.1. The lowest BCUT2D eigenvalue weighted by Crippen LogP contribution is -2.15. The number of hydrogen-bond acceptors (Lipinski definition) is 3. The van der Waals surface area contributed by atoms with Crippen LogP contribution >= 0.6 is 12.2 Å². The molecule has 0 unspecified atom stereocenters. The highest BCUT2D eigenvalue weighted by atomic mass is 32.1. The van der Waals surface area contributed by atoms with E-state index in [4.69, 9.17) is 18.0 Å². The van der Waals surface area contributed by atoms with E-state index in [1.54, 1.807) is 0 Å². The molecule has 1 aromatic carbocycles. The third-order valence-corrected chi connectivity index (χ3v) is 2.83.